The van der Waals surface area contributed by atoms with E-state index in [9.17, 15) is 4.79 Å². The van der Waals surface area contributed by atoms with Crippen molar-refractivity contribution in [3.8, 4) is 11.3 Å². The van der Waals surface area contributed by atoms with Crippen molar-refractivity contribution in [2.45, 2.75) is 0 Å². The van der Waals surface area contributed by atoms with Crippen molar-refractivity contribution in [2.75, 3.05) is 7.11 Å². The lowest BCUT2D eigenvalue weighted by Crippen LogP contribution is -2.01. The molecule has 0 saturated carbocycles. The van der Waals surface area contributed by atoms with Crippen molar-refractivity contribution >= 4 is 5.97 Å². The van der Waals surface area contributed by atoms with Gasteiger partial charge in [0.1, 0.15) is 0 Å². The molecule has 0 unspecified atom stereocenters. The molecule has 82 valence electrons. The molecule has 0 amide bonds. The third-order valence-corrected chi connectivity index (χ3v) is 2.18. The number of hydrogen-bond acceptors (Lipinski definition) is 4. The first-order valence-corrected chi connectivity index (χ1v) is 4.74. The van der Waals surface area contributed by atoms with E-state index in [0.29, 0.717) is 11.3 Å². The van der Waals surface area contributed by atoms with E-state index in [0.717, 1.165) is 5.56 Å². The Bertz CT molecular complexity index is 519. The molecule has 0 aliphatic heterocycles. The van der Waals surface area contributed by atoms with Crippen LogP contribution in [0.5, 0.6) is 0 Å². The second-order valence-corrected chi connectivity index (χ2v) is 3.32. The SMILES string of the molecule is COC(=O)c1ccnc(-c2cnn(C)c2)c1. The topological polar surface area (TPSA) is 57.0 Å². The van der Waals surface area contributed by atoms with Gasteiger partial charge in [0, 0.05) is 25.0 Å². The number of aryl methyl sites for hydroxylation is 1. The van der Waals surface area contributed by atoms with Crippen LogP contribution in [0, 0.1) is 0 Å². The summed E-state index contributed by atoms with van der Waals surface area (Å²) < 4.78 is 6.33. The molecule has 5 heteroatoms. The molecule has 16 heavy (non-hydrogen) atoms. The maximum atomic E-state index is 11.3. The number of hydrogen-bond donors (Lipinski definition) is 0. The Labute approximate surface area is 92.7 Å². The lowest BCUT2D eigenvalue weighted by molar-refractivity contribution is 0.0600. The molecular formula is C11H11N3O2. The minimum absolute atomic E-state index is 0.368. The fourth-order valence-electron chi connectivity index (χ4n) is 1.39. The summed E-state index contributed by atoms with van der Waals surface area (Å²) in [7, 11) is 3.18. The number of ether oxygens (including phenoxy) is 1. The summed E-state index contributed by atoms with van der Waals surface area (Å²) in [5.74, 6) is -0.368. The predicted octanol–water partition coefficient (Wildman–Crippen LogP) is 1.27. The van der Waals surface area contributed by atoms with Crippen LogP contribution in [0.3, 0.4) is 0 Å². The predicted molar refractivity (Wildman–Crippen MR) is 57.8 cm³/mol. The largest absolute Gasteiger partial charge is 0.465 e. The average Bonchev–Trinajstić information content (AvgIpc) is 2.75. The van der Waals surface area contributed by atoms with Gasteiger partial charge in [-0.05, 0) is 12.1 Å². The maximum Gasteiger partial charge on any atom is 0.337 e. The number of methoxy groups -OCH3 is 1. The van der Waals surface area contributed by atoms with Gasteiger partial charge in [-0.2, -0.15) is 5.10 Å². The van der Waals surface area contributed by atoms with Crippen LogP contribution in [0.15, 0.2) is 30.7 Å². The molecule has 2 aromatic heterocycles. The Hall–Kier alpha value is -2.17. The number of pyridine rings is 1. The molecule has 0 saturated heterocycles. The summed E-state index contributed by atoms with van der Waals surface area (Å²) in [6.45, 7) is 0. The average molecular weight is 217 g/mol. The molecule has 2 aromatic rings. The van der Waals surface area contributed by atoms with Gasteiger partial charge < -0.3 is 4.74 Å². The fourth-order valence-corrected chi connectivity index (χ4v) is 1.39. The lowest BCUT2D eigenvalue weighted by atomic mass is 10.1. The van der Waals surface area contributed by atoms with Crippen LogP contribution in [0.25, 0.3) is 11.3 Å². The molecule has 0 bridgehead atoms. The van der Waals surface area contributed by atoms with Crippen molar-refractivity contribution in [1.29, 1.82) is 0 Å². The summed E-state index contributed by atoms with van der Waals surface area (Å²) in [4.78, 5) is 15.5. The van der Waals surface area contributed by atoms with E-state index in [1.807, 2.05) is 13.2 Å². The minimum Gasteiger partial charge on any atom is -0.465 e. The maximum absolute atomic E-state index is 11.3. The molecule has 2 heterocycles. The molecule has 5 nitrogen and oxygen atoms in total. The Balaban J connectivity index is 2.39. The monoisotopic (exact) mass is 217 g/mol. The van der Waals surface area contributed by atoms with Crippen LogP contribution < -0.4 is 0 Å². The molecule has 0 aliphatic rings. The van der Waals surface area contributed by atoms with Gasteiger partial charge in [-0.15, -0.1) is 0 Å². The molecule has 0 atom stereocenters. The Kier molecular flexibility index (Phi) is 2.68. The number of esters is 1. The first-order chi connectivity index (χ1) is 7.70. The van der Waals surface area contributed by atoms with E-state index in [2.05, 4.69) is 14.8 Å². The Morgan fingerprint density at radius 2 is 2.31 bits per heavy atom. The first-order valence-electron chi connectivity index (χ1n) is 4.74. The highest BCUT2D eigenvalue weighted by Crippen LogP contribution is 2.16. The number of carbonyl (C=O) groups is 1. The van der Waals surface area contributed by atoms with Gasteiger partial charge in [-0.3, -0.25) is 9.67 Å². The van der Waals surface area contributed by atoms with Crippen LogP contribution in [-0.2, 0) is 11.8 Å². The van der Waals surface area contributed by atoms with Crippen LogP contribution in [0.1, 0.15) is 10.4 Å². The lowest BCUT2D eigenvalue weighted by Gasteiger charge is -2.00. The van der Waals surface area contributed by atoms with Crippen molar-refractivity contribution in [2.24, 2.45) is 7.05 Å². The van der Waals surface area contributed by atoms with Crippen molar-refractivity contribution in [3.05, 3.63) is 36.3 Å². The van der Waals surface area contributed by atoms with Gasteiger partial charge in [0.15, 0.2) is 0 Å². The highest BCUT2D eigenvalue weighted by molar-refractivity contribution is 5.90. The third-order valence-electron chi connectivity index (χ3n) is 2.18. The van der Waals surface area contributed by atoms with Gasteiger partial charge in [-0.25, -0.2) is 4.79 Å². The summed E-state index contributed by atoms with van der Waals surface area (Å²) in [5, 5.41) is 4.05. The van der Waals surface area contributed by atoms with E-state index in [1.165, 1.54) is 7.11 Å². The summed E-state index contributed by atoms with van der Waals surface area (Å²) in [6, 6.07) is 3.30. The molecule has 0 fully saturated rings. The normalized spacial score (nSPS) is 10.1. The molecular weight excluding hydrogens is 206 g/mol. The number of rotatable bonds is 2. The summed E-state index contributed by atoms with van der Waals surface area (Å²) >= 11 is 0. The van der Waals surface area contributed by atoms with Crippen LogP contribution in [0.4, 0.5) is 0 Å². The first kappa shape index (κ1) is 10.4. The fraction of sp³-hybridized carbons (Fsp3) is 0.182. The van der Waals surface area contributed by atoms with Gasteiger partial charge in [0.05, 0.1) is 24.6 Å². The zero-order valence-electron chi connectivity index (χ0n) is 9.04. The van der Waals surface area contributed by atoms with E-state index in [1.54, 1.807) is 29.2 Å². The van der Waals surface area contributed by atoms with Gasteiger partial charge in [0.25, 0.3) is 0 Å². The van der Waals surface area contributed by atoms with Crippen molar-refractivity contribution in [1.82, 2.24) is 14.8 Å². The number of carbonyl (C=O) groups excluding carboxylic acids is 1. The minimum atomic E-state index is -0.368. The Morgan fingerprint density at radius 3 is 2.94 bits per heavy atom. The highest BCUT2D eigenvalue weighted by Gasteiger charge is 2.08. The van der Waals surface area contributed by atoms with Gasteiger partial charge in [-0.1, -0.05) is 0 Å². The molecule has 0 radical (unpaired) electrons. The second kappa shape index (κ2) is 4.14. The molecule has 0 aliphatic carbocycles. The highest BCUT2D eigenvalue weighted by atomic mass is 16.5. The van der Waals surface area contributed by atoms with Crippen LogP contribution in [0.2, 0.25) is 0 Å². The summed E-state index contributed by atoms with van der Waals surface area (Å²) in [6.07, 6.45) is 5.11. The van der Waals surface area contributed by atoms with Crippen molar-refractivity contribution in [3.63, 3.8) is 0 Å². The van der Waals surface area contributed by atoms with E-state index >= 15 is 0 Å². The molecule has 0 spiro atoms. The van der Waals surface area contributed by atoms with Crippen molar-refractivity contribution < 1.29 is 9.53 Å². The van der Waals surface area contributed by atoms with E-state index < -0.39 is 0 Å². The van der Waals surface area contributed by atoms with Gasteiger partial charge in [0.2, 0.25) is 0 Å². The van der Waals surface area contributed by atoms with Gasteiger partial charge >= 0.3 is 5.97 Å². The second-order valence-electron chi connectivity index (χ2n) is 3.32. The summed E-state index contributed by atoms with van der Waals surface area (Å²) in [5.41, 5.74) is 2.06. The third kappa shape index (κ3) is 1.93. The number of aromatic nitrogens is 3. The quantitative estimate of drug-likeness (QED) is 0.711. The van der Waals surface area contributed by atoms with Crippen LogP contribution in [-0.4, -0.2) is 27.8 Å². The smallest absolute Gasteiger partial charge is 0.337 e. The standard InChI is InChI=1S/C11H11N3O2/c1-14-7-9(6-13-14)10-5-8(3-4-12-10)11(15)16-2/h3-7H,1-2H3. The number of nitrogens with zero attached hydrogens (tertiary/aromatic N) is 3. The van der Waals surface area contributed by atoms with E-state index in [-0.39, 0.29) is 5.97 Å². The van der Waals surface area contributed by atoms with E-state index in [4.69, 9.17) is 0 Å². The molecule has 0 aromatic carbocycles. The zero-order chi connectivity index (χ0) is 11.5. The van der Waals surface area contributed by atoms with Crippen LogP contribution >= 0.6 is 0 Å². The zero-order valence-corrected chi connectivity index (χ0v) is 9.04. The molecule has 2 rings (SSSR count). The molecule has 0 N–H and O–H groups in total. The Morgan fingerprint density at radius 1 is 1.50 bits per heavy atom.